The van der Waals surface area contributed by atoms with Crippen molar-refractivity contribution in [2.45, 2.75) is 26.9 Å². The number of aromatic amines is 1. The first-order valence-electron chi connectivity index (χ1n) is 8.95. The molecule has 2 heterocycles. The topological polar surface area (TPSA) is 85.1 Å². The van der Waals surface area contributed by atoms with Crippen molar-refractivity contribution in [3.05, 3.63) is 51.7 Å². The van der Waals surface area contributed by atoms with Crippen molar-refractivity contribution in [2.24, 2.45) is 7.05 Å². The average Bonchev–Trinajstić information content (AvgIpc) is 3.11. The van der Waals surface area contributed by atoms with Gasteiger partial charge >= 0.3 is 5.69 Å². The van der Waals surface area contributed by atoms with Crippen LogP contribution in [0.5, 0.6) is 0 Å². The molecule has 3 aromatic rings. The Bertz CT molecular complexity index is 1010. The molecule has 8 heteroatoms. The van der Waals surface area contributed by atoms with Crippen LogP contribution in [0, 0.1) is 6.92 Å². The van der Waals surface area contributed by atoms with E-state index >= 15 is 0 Å². The third kappa shape index (κ3) is 3.95. The van der Waals surface area contributed by atoms with Crippen molar-refractivity contribution in [1.82, 2.24) is 24.2 Å². The summed E-state index contributed by atoms with van der Waals surface area (Å²) in [6, 6.07) is 5.28. The van der Waals surface area contributed by atoms with Gasteiger partial charge in [-0.15, -0.1) is 0 Å². The van der Waals surface area contributed by atoms with Gasteiger partial charge < -0.3 is 14.6 Å². The van der Waals surface area contributed by atoms with Gasteiger partial charge in [0.2, 0.25) is 0 Å². The van der Waals surface area contributed by atoms with Gasteiger partial charge in [-0.05, 0) is 32.0 Å². The number of amides is 1. The largest absolute Gasteiger partial charge is 0.380 e. The van der Waals surface area contributed by atoms with Crippen molar-refractivity contribution >= 4 is 16.9 Å². The molecule has 0 saturated heterocycles. The van der Waals surface area contributed by atoms with Gasteiger partial charge in [-0.3, -0.25) is 14.0 Å². The molecule has 8 nitrogen and oxygen atoms in total. The van der Waals surface area contributed by atoms with Crippen molar-refractivity contribution in [1.29, 1.82) is 0 Å². The van der Waals surface area contributed by atoms with Crippen LogP contribution in [0.2, 0.25) is 0 Å². The number of aryl methyl sites for hydroxylation is 2. The van der Waals surface area contributed by atoms with Crippen molar-refractivity contribution in [3.63, 3.8) is 0 Å². The van der Waals surface area contributed by atoms with E-state index in [-0.39, 0.29) is 11.6 Å². The number of hydrogen-bond acceptors (Lipinski definition) is 4. The second-order valence-corrected chi connectivity index (χ2v) is 6.59. The Kier molecular flexibility index (Phi) is 5.46. The summed E-state index contributed by atoms with van der Waals surface area (Å²) in [6.07, 6.45) is 1.91. The van der Waals surface area contributed by atoms with Crippen LogP contribution in [-0.2, 0) is 24.9 Å². The Labute approximate surface area is 157 Å². The molecule has 3 rings (SSSR count). The van der Waals surface area contributed by atoms with Gasteiger partial charge in [-0.2, -0.15) is 5.10 Å². The van der Waals surface area contributed by atoms with Gasteiger partial charge in [-0.25, -0.2) is 4.79 Å². The van der Waals surface area contributed by atoms with E-state index in [1.165, 1.54) is 0 Å². The van der Waals surface area contributed by atoms with Crippen molar-refractivity contribution in [3.8, 4) is 0 Å². The van der Waals surface area contributed by atoms with E-state index in [2.05, 4.69) is 10.1 Å². The molecule has 0 fully saturated rings. The fourth-order valence-electron chi connectivity index (χ4n) is 3.17. The second kappa shape index (κ2) is 7.79. The number of fused-ring (bicyclic) bond motifs is 1. The second-order valence-electron chi connectivity index (χ2n) is 6.59. The first kappa shape index (κ1) is 18.9. The quantitative estimate of drug-likeness (QED) is 0.641. The molecule has 1 amide bonds. The third-order valence-electron chi connectivity index (χ3n) is 4.55. The molecule has 0 saturated carbocycles. The van der Waals surface area contributed by atoms with Crippen LogP contribution in [0.15, 0.2) is 29.2 Å². The Morgan fingerprint density at radius 2 is 2.15 bits per heavy atom. The zero-order valence-electron chi connectivity index (χ0n) is 16.2. The Balaban J connectivity index is 1.81. The van der Waals surface area contributed by atoms with Crippen LogP contribution in [0.1, 0.15) is 28.5 Å². The number of hydrogen-bond donors (Lipinski definition) is 1. The third-order valence-corrected chi connectivity index (χ3v) is 4.55. The molecule has 0 unspecified atom stereocenters. The predicted molar refractivity (Wildman–Crippen MR) is 103 cm³/mol. The summed E-state index contributed by atoms with van der Waals surface area (Å²) in [5.74, 6) is -0.108. The van der Waals surface area contributed by atoms with Crippen molar-refractivity contribution < 1.29 is 9.53 Å². The van der Waals surface area contributed by atoms with E-state index in [0.717, 1.165) is 16.8 Å². The number of nitrogens with zero attached hydrogens (tertiary/aromatic N) is 4. The molecule has 0 aliphatic rings. The van der Waals surface area contributed by atoms with Crippen LogP contribution in [-0.4, -0.2) is 50.4 Å². The Morgan fingerprint density at radius 1 is 1.37 bits per heavy atom. The van der Waals surface area contributed by atoms with Crippen molar-refractivity contribution in [2.75, 3.05) is 20.3 Å². The number of benzene rings is 1. The molecule has 27 heavy (non-hydrogen) atoms. The smallest absolute Gasteiger partial charge is 0.326 e. The molecule has 0 atom stereocenters. The number of aromatic nitrogens is 4. The van der Waals surface area contributed by atoms with E-state index in [1.807, 2.05) is 27.1 Å². The van der Waals surface area contributed by atoms with E-state index in [9.17, 15) is 9.59 Å². The summed E-state index contributed by atoms with van der Waals surface area (Å²) in [5, 5.41) is 4.31. The minimum atomic E-state index is -0.200. The minimum absolute atomic E-state index is 0.108. The van der Waals surface area contributed by atoms with Crippen LogP contribution in [0.25, 0.3) is 11.0 Å². The van der Waals surface area contributed by atoms with E-state index in [4.69, 9.17) is 4.74 Å². The normalized spacial score (nSPS) is 11.3. The zero-order chi connectivity index (χ0) is 19.6. The minimum Gasteiger partial charge on any atom is -0.380 e. The van der Waals surface area contributed by atoms with E-state index in [0.29, 0.717) is 37.4 Å². The molecule has 0 radical (unpaired) electrons. The van der Waals surface area contributed by atoms with Crippen LogP contribution in [0.4, 0.5) is 0 Å². The predicted octanol–water partition coefficient (Wildman–Crippen LogP) is 1.68. The number of carbonyl (C=O) groups is 1. The maximum Gasteiger partial charge on any atom is 0.326 e. The maximum atomic E-state index is 12.8. The molecular weight excluding hydrogens is 346 g/mol. The van der Waals surface area contributed by atoms with E-state index in [1.54, 1.807) is 39.4 Å². The molecule has 144 valence electrons. The molecular formula is C19H25N5O3. The highest BCUT2D eigenvalue weighted by Gasteiger charge is 2.16. The number of ether oxygens (including phenoxy) is 1. The lowest BCUT2D eigenvalue weighted by molar-refractivity contribution is 0.0785. The number of nitrogens with one attached hydrogen (secondary N) is 1. The summed E-state index contributed by atoms with van der Waals surface area (Å²) in [5.41, 5.74) is 3.65. The average molecular weight is 371 g/mol. The van der Waals surface area contributed by atoms with Crippen LogP contribution in [0.3, 0.4) is 0 Å². The monoisotopic (exact) mass is 371 g/mol. The fourth-order valence-corrected chi connectivity index (χ4v) is 3.17. The van der Waals surface area contributed by atoms with E-state index < -0.39 is 0 Å². The number of carbonyl (C=O) groups excluding carboxylic acids is 1. The van der Waals surface area contributed by atoms with Gasteiger partial charge in [0.1, 0.15) is 0 Å². The van der Waals surface area contributed by atoms with Gasteiger partial charge in [0, 0.05) is 44.6 Å². The lowest BCUT2D eigenvalue weighted by Crippen LogP contribution is -2.26. The van der Waals surface area contributed by atoms with Gasteiger partial charge in [0.15, 0.2) is 0 Å². The summed E-state index contributed by atoms with van der Waals surface area (Å²) < 4.78 is 8.70. The molecule has 0 aliphatic carbocycles. The van der Waals surface area contributed by atoms with Crippen LogP contribution >= 0.6 is 0 Å². The highest BCUT2D eigenvalue weighted by Crippen LogP contribution is 2.16. The number of imidazole rings is 1. The van der Waals surface area contributed by atoms with Crippen LogP contribution < -0.4 is 5.69 Å². The first-order chi connectivity index (χ1) is 12.9. The molecule has 0 bridgehead atoms. The molecule has 0 aliphatic heterocycles. The summed E-state index contributed by atoms with van der Waals surface area (Å²) in [4.78, 5) is 29.4. The Hall–Kier alpha value is -2.87. The SMILES string of the molecule is CCOCCn1c(=O)[nH]c2cc(C(=O)N(C)Cc3cn(C)nc3C)ccc21. The molecule has 1 N–H and O–H groups in total. The van der Waals surface area contributed by atoms with Gasteiger partial charge in [-0.1, -0.05) is 0 Å². The highest BCUT2D eigenvalue weighted by molar-refractivity contribution is 5.97. The van der Waals surface area contributed by atoms with Gasteiger partial charge in [0.05, 0.1) is 29.9 Å². The lowest BCUT2D eigenvalue weighted by atomic mass is 10.1. The summed E-state index contributed by atoms with van der Waals surface area (Å²) >= 11 is 0. The zero-order valence-corrected chi connectivity index (χ0v) is 16.2. The first-order valence-corrected chi connectivity index (χ1v) is 8.95. The summed E-state index contributed by atoms with van der Waals surface area (Å²) in [6.45, 7) is 5.87. The highest BCUT2D eigenvalue weighted by atomic mass is 16.5. The summed E-state index contributed by atoms with van der Waals surface area (Å²) in [7, 11) is 3.62. The molecule has 1 aromatic carbocycles. The standard InChI is InChI=1S/C19H25N5O3/c1-5-27-9-8-24-17-7-6-14(10-16(17)20-19(24)26)18(25)22(3)11-15-12-23(4)21-13(15)2/h6-7,10,12H,5,8-9,11H2,1-4H3,(H,20,26). The lowest BCUT2D eigenvalue weighted by Gasteiger charge is -2.17. The Morgan fingerprint density at radius 3 is 2.81 bits per heavy atom. The molecule has 0 spiro atoms. The molecule has 2 aromatic heterocycles. The fraction of sp³-hybridized carbons (Fsp3) is 0.421. The maximum absolute atomic E-state index is 12.8. The van der Waals surface area contributed by atoms with Gasteiger partial charge in [0.25, 0.3) is 5.91 Å². The number of rotatable bonds is 7. The number of H-pyrrole nitrogens is 1.